The number of hydrogen-bond acceptors (Lipinski definition) is 5. The summed E-state index contributed by atoms with van der Waals surface area (Å²) in [5.41, 5.74) is 4.41. The predicted molar refractivity (Wildman–Crippen MR) is 121 cm³/mol. The molecule has 3 rings (SSSR count). The van der Waals surface area contributed by atoms with Crippen molar-refractivity contribution in [3.05, 3.63) is 62.8 Å². The number of phenolic OH excluding ortho intramolecular Hbond substituents is 1. The van der Waals surface area contributed by atoms with Gasteiger partial charge in [-0.25, -0.2) is 0 Å². The third-order valence-corrected chi connectivity index (χ3v) is 5.05. The van der Waals surface area contributed by atoms with Crippen LogP contribution < -0.4 is 14.9 Å². The zero-order valence-electron chi connectivity index (χ0n) is 18.4. The van der Waals surface area contributed by atoms with Crippen molar-refractivity contribution in [1.82, 2.24) is 0 Å². The van der Waals surface area contributed by atoms with E-state index in [1.165, 1.54) is 18.7 Å². The number of methoxy groups -OCH3 is 2. The standard InChI is InChI=1S/C25H28O5/c1-14(2)7-9-16-11-18-21(13-20(16)28-5)30-22-12-19(26)25(29-6)17(10-8-15(3)4)23(22)24(18)27/h7-8,11-13,26H,9-10H2,1-6H3. The Kier molecular flexibility index (Phi) is 6.20. The summed E-state index contributed by atoms with van der Waals surface area (Å²) in [7, 11) is 3.08. The maximum absolute atomic E-state index is 13.5. The first-order valence-corrected chi connectivity index (χ1v) is 9.89. The van der Waals surface area contributed by atoms with Crippen molar-refractivity contribution in [3.8, 4) is 17.2 Å². The largest absolute Gasteiger partial charge is 0.504 e. The molecule has 1 aromatic heterocycles. The first-order valence-electron chi connectivity index (χ1n) is 9.89. The molecule has 0 aliphatic carbocycles. The van der Waals surface area contributed by atoms with Gasteiger partial charge in [-0.2, -0.15) is 0 Å². The molecule has 0 fully saturated rings. The van der Waals surface area contributed by atoms with Gasteiger partial charge in [-0.05, 0) is 52.2 Å². The van der Waals surface area contributed by atoms with Crippen LogP contribution in [0.2, 0.25) is 0 Å². The summed E-state index contributed by atoms with van der Waals surface area (Å²) in [5.74, 6) is 0.895. The van der Waals surface area contributed by atoms with Gasteiger partial charge in [0.25, 0.3) is 0 Å². The molecule has 5 heteroatoms. The molecule has 5 nitrogen and oxygen atoms in total. The summed E-state index contributed by atoms with van der Waals surface area (Å²) in [4.78, 5) is 13.5. The Hall–Kier alpha value is -3.21. The third kappa shape index (κ3) is 4.06. The molecule has 0 saturated carbocycles. The van der Waals surface area contributed by atoms with Crippen molar-refractivity contribution in [2.45, 2.75) is 40.5 Å². The van der Waals surface area contributed by atoms with Crippen LogP contribution in [-0.4, -0.2) is 19.3 Å². The van der Waals surface area contributed by atoms with Crippen LogP contribution >= 0.6 is 0 Å². The molecule has 0 unspecified atom stereocenters. The van der Waals surface area contributed by atoms with Crippen LogP contribution in [0.15, 0.2) is 50.7 Å². The van der Waals surface area contributed by atoms with Crippen molar-refractivity contribution in [1.29, 1.82) is 0 Å². The van der Waals surface area contributed by atoms with Crippen LogP contribution in [0.25, 0.3) is 21.9 Å². The number of rotatable bonds is 6. The highest BCUT2D eigenvalue weighted by molar-refractivity contribution is 5.94. The average Bonchev–Trinajstić information content (AvgIpc) is 2.69. The zero-order valence-corrected chi connectivity index (χ0v) is 18.4. The Labute approximate surface area is 176 Å². The van der Waals surface area contributed by atoms with Gasteiger partial charge in [0.1, 0.15) is 16.9 Å². The first-order chi connectivity index (χ1) is 14.3. The monoisotopic (exact) mass is 408 g/mol. The van der Waals surface area contributed by atoms with Crippen LogP contribution in [0.1, 0.15) is 38.8 Å². The summed E-state index contributed by atoms with van der Waals surface area (Å²) in [5, 5.41) is 11.3. The van der Waals surface area contributed by atoms with Gasteiger partial charge in [-0.15, -0.1) is 0 Å². The molecule has 3 aromatic rings. The Morgan fingerprint density at radius 1 is 0.967 bits per heavy atom. The lowest BCUT2D eigenvalue weighted by Gasteiger charge is -2.14. The van der Waals surface area contributed by atoms with Gasteiger partial charge < -0.3 is 19.0 Å². The summed E-state index contributed by atoms with van der Waals surface area (Å²) in [6.07, 6.45) is 5.19. The second kappa shape index (κ2) is 8.66. The van der Waals surface area contributed by atoms with E-state index in [9.17, 15) is 9.90 Å². The third-order valence-electron chi connectivity index (χ3n) is 5.05. The number of fused-ring (bicyclic) bond motifs is 2. The molecule has 0 saturated heterocycles. The van der Waals surface area contributed by atoms with E-state index in [4.69, 9.17) is 13.9 Å². The van der Waals surface area contributed by atoms with E-state index < -0.39 is 0 Å². The summed E-state index contributed by atoms with van der Waals surface area (Å²) >= 11 is 0. The highest BCUT2D eigenvalue weighted by Gasteiger charge is 2.20. The van der Waals surface area contributed by atoms with Gasteiger partial charge in [-0.3, -0.25) is 4.79 Å². The van der Waals surface area contributed by atoms with Crippen molar-refractivity contribution < 1.29 is 19.0 Å². The van der Waals surface area contributed by atoms with Gasteiger partial charge in [0.15, 0.2) is 11.5 Å². The lowest BCUT2D eigenvalue weighted by Crippen LogP contribution is -2.08. The van der Waals surface area contributed by atoms with E-state index in [1.807, 2.05) is 39.8 Å². The van der Waals surface area contributed by atoms with Gasteiger partial charge in [0.05, 0.1) is 25.0 Å². The molecular formula is C25H28O5. The van der Waals surface area contributed by atoms with Crippen LogP contribution in [-0.2, 0) is 12.8 Å². The van der Waals surface area contributed by atoms with E-state index >= 15 is 0 Å². The van der Waals surface area contributed by atoms with Crippen molar-refractivity contribution in [3.63, 3.8) is 0 Å². The Morgan fingerprint density at radius 2 is 1.63 bits per heavy atom. The minimum absolute atomic E-state index is 0.0585. The maximum Gasteiger partial charge on any atom is 0.200 e. The van der Waals surface area contributed by atoms with Crippen LogP contribution in [0.5, 0.6) is 17.2 Å². The molecule has 30 heavy (non-hydrogen) atoms. The smallest absolute Gasteiger partial charge is 0.200 e. The van der Waals surface area contributed by atoms with E-state index in [2.05, 4.69) is 6.08 Å². The SMILES string of the molecule is COc1cc2oc3cc(O)c(OC)c(CC=C(C)C)c3c(=O)c2cc1CC=C(C)C. The van der Waals surface area contributed by atoms with Gasteiger partial charge in [0, 0.05) is 17.7 Å². The Morgan fingerprint density at radius 3 is 2.23 bits per heavy atom. The number of allylic oxidation sites excluding steroid dienone is 4. The van der Waals surface area contributed by atoms with Crippen LogP contribution in [0.3, 0.4) is 0 Å². The molecular weight excluding hydrogens is 380 g/mol. The van der Waals surface area contributed by atoms with Gasteiger partial charge in [-0.1, -0.05) is 23.3 Å². The minimum atomic E-state index is -0.150. The fourth-order valence-corrected chi connectivity index (χ4v) is 3.52. The zero-order chi connectivity index (χ0) is 22.0. The summed E-state index contributed by atoms with van der Waals surface area (Å²) in [6, 6.07) is 5.01. The molecule has 2 aromatic carbocycles. The molecule has 0 spiro atoms. The number of aromatic hydroxyl groups is 1. The second-order valence-electron chi connectivity index (χ2n) is 7.84. The van der Waals surface area contributed by atoms with E-state index in [-0.39, 0.29) is 11.2 Å². The number of ether oxygens (including phenoxy) is 2. The fraction of sp³-hybridized carbons (Fsp3) is 0.320. The van der Waals surface area contributed by atoms with Gasteiger partial charge >= 0.3 is 0 Å². The van der Waals surface area contributed by atoms with E-state index in [1.54, 1.807) is 13.2 Å². The second-order valence-corrected chi connectivity index (χ2v) is 7.84. The van der Waals surface area contributed by atoms with Crippen LogP contribution in [0, 0.1) is 0 Å². The summed E-state index contributed by atoms with van der Waals surface area (Å²) < 4.78 is 17.0. The summed E-state index contributed by atoms with van der Waals surface area (Å²) in [6.45, 7) is 8.03. The number of hydrogen-bond donors (Lipinski definition) is 1. The molecule has 158 valence electrons. The fourth-order valence-electron chi connectivity index (χ4n) is 3.52. The van der Waals surface area contributed by atoms with Crippen molar-refractivity contribution >= 4 is 21.9 Å². The highest BCUT2D eigenvalue weighted by Crippen LogP contribution is 2.38. The molecule has 1 N–H and O–H groups in total. The molecule has 0 amide bonds. The van der Waals surface area contributed by atoms with Gasteiger partial charge in [0.2, 0.25) is 5.43 Å². The topological polar surface area (TPSA) is 68.9 Å². The lowest BCUT2D eigenvalue weighted by molar-refractivity contribution is 0.370. The molecule has 0 atom stereocenters. The minimum Gasteiger partial charge on any atom is -0.504 e. The normalized spacial score (nSPS) is 10.9. The maximum atomic E-state index is 13.5. The Bertz CT molecular complexity index is 1220. The van der Waals surface area contributed by atoms with E-state index in [0.717, 1.165) is 11.1 Å². The molecule has 0 aliphatic heterocycles. The molecule has 0 radical (unpaired) electrons. The lowest BCUT2D eigenvalue weighted by atomic mass is 9.99. The van der Waals surface area contributed by atoms with E-state index in [0.29, 0.717) is 51.8 Å². The van der Waals surface area contributed by atoms with Crippen molar-refractivity contribution in [2.24, 2.45) is 0 Å². The highest BCUT2D eigenvalue weighted by atomic mass is 16.5. The first kappa shape index (κ1) is 21.5. The molecule has 1 heterocycles. The quantitative estimate of drug-likeness (QED) is 0.419. The number of benzene rings is 2. The number of phenols is 1. The average molecular weight is 408 g/mol. The van der Waals surface area contributed by atoms with Crippen LogP contribution in [0.4, 0.5) is 0 Å². The molecule has 0 bridgehead atoms. The molecule has 0 aliphatic rings. The van der Waals surface area contributed by atoms with Crippen molar-refractivity contribution in [2.75, 3.05) is 14.2 Å². The predicted octanol–water partition coefficient (Wildman–Crippen LogP) is 5.69. The Balaban J connectivity index is 2.39.